The molecule has 1 aromatic heterocycles. The lowest BCUT2D eigenvalue weighted by atomic mass is 10.1. The van der Waals surface area contributed by atoms with Crippen molar-refractivity contribution in [2.75, 3.05) is 54.6 Å². The number of anilines is 2. The van der Waals surface area contributed by atoms with E-state index in [1.807, 2.05) is 18.2 Å². The average Bonchev–Trinajstić information content (AvgIpc) is 3.36. The number of hydrogen-bond acceptors (Lipinski definition) is 6. The van der Waals surface area contributed by atoms with Crippen molar-refractivity contribution in [3.63, 3.8) is 0 Å². The highest BCUT2D eigenvalue weighted by atomic mass is 32.2. The first kappa shape index (κ1) is 24.3. The number of halogens is 2. The van der Waals surface area contributed by atoms with Crippen LogP contribution in [0.1, 0.15) is 12.1 Å². The van der Waals surface area contributed by atoms with E-state index in [4.69, 9.17) is 4.98 Å². The Balaban J connectivity index is 1.34. The Bertz CT molecular complexity index is 1360. The van der Waals surface area contributed by atoms with Gasteiger partial charge in [0.25, 0.3) is 5.92 Å². The molecule has 0 N–H and O–H groups in total. The second-order valence-corrected chi connectivity index (χ2v) is 13.2. The van der Waals surface area contributed by atoms with Gasteiger partial charge in [-0.25, -0.2) is 17.2 Å². The third-order valence-electron chi connectivity index (χ3n) is 6.84. The maximum absolute atomic E-state index is 13.5. The second kappa shape index (κ2) is 8.36. The Labute approximate surface area is 204 Å². The van der Waals surface area contributed by atoms with E-state index in [0.717, 1.165) is 14.3 Å². The summed E-state index contributed by atoms with van der Waals surface area (Å²) in [4.78, 5) is 6.88. The molecule has 1 aliphatic carbocycles. The van der Waals surface area contributed by atoms with Gasteiger partial charge in [-0.15, -0.1) is 0 Å². The standard InChI is InChI=1S/C22H27F2N5O4S2/c1-26-21-12-16(6-7-20(21)29(35(26,32)33)14-17-13-22(17,23)24)19-5-3-4-18(25-19)15-27-8-10-28(11-9-27)34(2,30)31/h3-7,12,17H,8-11,13-15H2,1-2H3. The van der Waals surface area contributed by atoms with Gasteiger partial charge in [0.05, 0.1) is 29.0 Å². The van der Waals surface area contributed by atoms with E-state index < -0.39 is 32.1 Å². The summed E-state index contributed by atoms with van der Waals surface area (Å²) in [6, 6.07) is 10.7. The first-order valence-corrected chi connectivity index (χ1v) is 14.5. The van der Waals surface area contributed by atoms with Gasteiger partial charge < -0.3 is 0 Å². The summed E-state index contributed by atoms with van der Waals surface area (Å²) in [7, 11) is -5.68. The number of nitrogens with zero attached hydrogens (tertiary/aromatic N) is 5. The van der Waals surface area contributed by atoms with Crippen LogP contribution in [0.5, 0.6) is 0 Å². The number of fused-ring (bicyclic) bond motifs is 1. The van der Waals surface area contributed by atoms with Crippen LogP contribution in [0.15, 0.2) is 36.4 Å². The van der Waals surface area contributed by atoms with Crippen molar-refractivity contribution in [3.8, 4) is 11.3 Å². The Hall–Kier alpha value is -2.35. The minimum Gasteiger partial charge on any atom is -0.295 e. The molecule has 190 valence electrons. The molecule has 0 bridgehead atoms. The highest BCUT2D eigenvalue weighted by Gasteiger charge is 2.59. The SMILES string of the molecule is CN1c2cc(-c3cccc(CN4CCN(S(C)(=O)=O)CC4)n3)ccc2N(CC2CC2(F)F)S1(=O)=O. The van der Waals surface area contributed by atoms with Crippen LogP contribution in [-0.4, -0.2) is 83.0 Å². The third-order valence-corrected chi connectivity index (χ3v) is 9.93. The van der Waals surface area contributed by atoms with E-state index in [9.17, 15) is 25.6 Å². The molecular formula is C22H27F2N5O4S2. The Morgan fingerprint density at radius 1 is 1.09 bits per heavy atom. The number of sulfonamides is 1. The topological polar surface area (TPSA) is 94.1 Å². The molecule has 2 fully saturated rings. The van der Waals surface area contributed by atoms with Crippen LogP contribution in [-0.2, 0) is 26.8 Å². The Morgan fingerprint density at radius 2 is 1.77 bits per heavy atom. The lowest BCUT2D eigenvalue weighted by Gasteiger charge is -2.33. The largest absolute Gasteiger partial charge is 0.326 e. The predicted molar refractivity (Wildman–Crippen MR) is 129 cm³/mol. The fourth-order valence-corrected chi connectivity index (χ4v) is 6.87. The molecule has 2 aromatic rings. The molecule has 13 heteroatoms. The van der Waals surface area contributed by atoms with Crippen LogP contribution in [0.2, 0.25) is 0 Å². The van der Waals surface area contributed by atoms with Gasteiger partial charge in [-0.1, -0.05) is 12.1 Å². The van der Waals surface area contributed by atoms with Crippen LogP contribution in [0.4, 0.5) is 20.2 Å². The van der Waals surface area contributed by atoms with E-state index in [1.54, 1.807) is 18.2 Å². The molecule has 3 aliphatic rings. The van der Waals surface area contributed by atoms with Gasteiger partial charge in [0.2, 0.25) is 10.0 Å². The van der Waals surface area contributed by atoms with Gasteiger partial charge in [0.15, 0.2) is 0 Å². The van der Waals surface area contributed by atoms with Crippen molar-refractivity contribution in [1.82, 2.24) is 14.2 Å². The zero-order chi connectivity index (χ0) is 25.2. The van der Waals surface area contributed by atoms with Gasteiger partial charge in [-0.3, -0.25) is 18.5 Å². The molecule has 3 heterocycles. The van der Waals surface area contributed by atoms with Crippen LogP contribution in [0.25, 0.3) is 11.3 Å². The second-order valence-electron chi connectivity index (χ2n) is 9.32. The molecule has 9 nitrogen and oxygen atoms in total. The molecule has 5 rings (SSSR count). The smallest absolute Gasteiger partial charge is 0.295 e. The molecule has 1 saturated heterocycles. The number of rotatable bonds is 6. The quantitative estimate of drug-likeness (QED) is 0.571. The van der Waals surface area contributed by atoms with Crippen molar-refractivity contribution in [2.24, 2.45) is 5.92 Å². The predicted octanol–water partition coefficient (Wildman–Crippen LogP) is 1.98. The number of benzene rings is 1. The summed E-state index contributed by atoms with van der Waals surface area (Å²) in [5.41, 5.74) is 3.01. The summed E-state index contributed by atoms with van der Waals surface area (Å²) in [6.07, 6.45) is 0.920. The molecule has 2 aliphatic heterocycles. The fourth-order valence-electron chi connectivity index (χ4n) is 4.58. The summed E-state index contributed by atoms with van der Waals surface area (Å²) in [5, 5.41) is 0. The molecule has 0 amide bonds. The first-order valence-electron chi connectivity index (χ1n) is 11.3. The molecule has 0 spiro atoms. The van der Waals surface area contributed by atoms with Crippen molar-refractivity contribution in [2.45, 2.75) is 18.9 Å². The summed E-state index contributed by atoms with van der Waals surface area (Å²) >= 11 is 0. The minimum absolute atomic E-state index is 0.244. The van der Waals surface area contributed by atoms with E-state index in [1.165, 1.54) is 17.6 Å². The van der Waals surface area contributed by atoms with Gasteiger partial charge in [0, 0.05) is 64.2 Å². The minimum atomic E-state index is -3.91. The fraction of sp³-hybridized carbons (Fsp3) is 0.500. The number of aromatic nitrogens is 1. The highest BCUT2D eigenvalue weighted by molar-refractivity contribution is 7.94. The van der Waals surface area contributed by atoms with Crippen molar-refractivity contribution >= 4 is 31.6 Å². The first-order chi connectivity index (χ1) is 16.4. The normalized spacial score (nSPS) is 23.9. The van der Waals surface area contributed by atoms with E-state index in [2.05, 4.69) is 4.90 Å². The molecule has 1 aromatic carbocycles. The molecule has 35 heavy (non-hydrogen) atoms. The zero-order valence-corrected chi connectivity index (χ0v) is 21.1. The average molecular weight is 528 g/mol. The summed E-state index contributed by atoms with van der Waals surface area (Å²) in [6.45, 7) is 2.41. The third kappa shape index (κ3) is 4.61. The maximum atomic E-state index is 13.5. The van der Waals surface area contributed by atoms with Crippen molar-refractivity contribution < 1.29 is 25.6 Å². The molecule has 1 saturated carbocycles. The molecule has 1 unspecified atom stereocenters. The van der Waals surface area contributed by atoms with Crippen LogP contribution >= 0.6 is 0 Å². The summed E-state index contributed by atoms with van der Waals surface area (Å²) < 4.78 is 79.8. The van der Waals surface area contributed by atoms with Crippen LogP contribution in [0, 0.1) is 5.92 Å². The van der Waals surface area contributed by atoms with E-state index >= 15 is 0 Å². The number of pyridine rings is 1. The zero-order valence-electron chi connectivity index (χ0n) is 19.4. The molecular weight excluding hydrogens is 500 g/mol. The van der Waals surface area contributed by atoms with E-state index in [0.29, 0.717) is 55.4 Å². The highest BCUT2D eigenvalue weighted by Crippen LogP contribution is 2.51. The molecule has 0 radical (unpaired) electrons. The van der Waals surface area contributed by atoms with Gasteiger partial charge in [-0.05, 0) is 24.3 Å². The van der Waals surface area contributed by atoms with Gasteiger partial charge >= 0.3 is 10.2 Å². The van der Waals surface area contributed by atoms with Gasteiger partial charge in [-0.2, -0.15) is 12.7 Å². The van der Waals surface area contributed by atoms with Crippen molar-refractivity contribution in [1.29, 1.82) is 0 Å². The van der Waals surface area contributed by atoms with Gasteiger partial charge in [0.1, 0.15) is 0 Å². The number of piperazine rings is 1. The monoisotopic (exact) mass is 527 g/mol. The maximum Gasteiger partial charge on any atom is 0.326 e. The summed E-state index contributed by atoms with van der Waals surface area (Å²) in [5.74, 6) is -3.77. The Morgan fingerprint density at radius 3 is 2.40 bits per heavy atom. The van der Waals surface area contributed by atoms with Crippen LogP contribution < -0.4 is 8.61 Å². The Kier molecular flexibility index (Phi) is 5.81. The number of alkyl halides is 2. The number of hydrogen-bond donors (Lipinski definition) is 0. The lowest BCUT2D eigenvalue weighted by Crippen LogP contribution is -2.47. The van der Waals surface area contributed by atoms with Crippen molar-refractivity contribution in [3.05, 3.63) is 42.1 Å². The van der Waals surface area contributed by atoms with E-state index in [-0.39, 0.29) is 13.0 Å². The van der Waals surface area contributed by atoms with Crippen LogP contribution in [0.3, 0.4) is 0 Å². The molecule has 1 atom stereocenters. The lowest BCUT2D eigenvalue weighted by molar-refractivity contribution is 0.101.